The van der Waals surface area contributed by atoms with Gasteiger partial charge in [-0.25, -0.2) is 0 Å². The fraction of sp³-hybridized carbons (Fsp3) is 1.00. The van der Waals surface area contributed by atoms with Gasteiger partial charge in [-0.05, 0) is 5.92 Å². The summed E-state index contributed by atoms with van der Waals surface area (Å²) in [7, 11) is 0. The van der Waals surface area contributed by atoms with E-state index in [1.165, 1.54) is 83.5 Å². The van der Waals surface area contributed by atoms with E-state index in [-0.39, 0.29) is 0 Å². The number of unbranched alkanes of at least 4 members (excludes halogenated alkanes) is 10. The molecule has 0 aromatic carbocycles. The van der Waals surface area contributed by atoms with Crippen LogP contribution in [0.1, 0.15) is 104 Å². The molecule has 0 aliphatic carbocycles. The van der Waals surface area contributed by atoms with Crippen LogP contribution in [0.5, 0.6) is 0 Å². The molecule has 0 heteroatoms. The fourth-order valence-electron chi connectivity index (χ4n) is 2.36. The zero-order valence-electron chi connectivity index (χ0n) is 12.8. The Labute approximate surface area is 111 Å². The first-order valence-corrected chi connectivity index (χ1v) is 8.31. The first-order valence-electron chi connectivity index (χ1n) is 8.31. The van der Waals surface area contributed by atoms with Gasteiger partial charge in [0.1, 0.15) is 0 Å². The summed E-state index contributed by atoms with van der Waals surface area (Å²) in [6, 6.07) is 0. The third-order valence-corrected chi connectivity index (χ3v) is 4.00. The zero-order valence-corrected chi connectivity index (χ0v) is 12.8. The van der Waals surface area contributed by atoms with Crippen molar-refractivity contribution in [2.24, 2.45) is 5.92 Å². The Bertz CT molecular complexity index is 128. The molecule has 17 heavy (non-hydrogen) atoms. The van der Waals surface area contributed by atoms with Gasteiger partial charge in [0.2, 0.25) is 0 Å². The van der Waals surface area contributed by atoms with Crippen LogP contribution in [0.2, 0.25) is 0 Å². The third kappa shape index (κ3) is 13.9. The maximum Gasteiger partial charge on any atom is -0.0445 e. The summed E-state index contributed by atoms with van der Waals surface area (Å²) in [5.41, 5.74) is 0. The maximum absolute atomic E-state index is 2.39. The van der Waals surface area contributed by atoms with Gasteiger partial charge in [0.25, 0.3) is 0 Å². The molecule has 0 fully saturated rings. The Kier molecular flexibility index (Phi) is 14.1. The summed E-state index contributed by atoms with van der Waals surface area (Å²) in [6.07, 6.45) is 18.9. The van der Waals surface area contributed by atoms with Crippen LogP contribution in [0.15, 0.2) is 0 Å². The standard InChI is InChI=1S/C17H36/c1-4-6-7-8-9-10-11-12-13-14-15-16-17(3)5-2/h17H,4-16H2,1-3H3/t17-/m0/s1. The molecule has 0 saturated heterocycles. The Hall–Kier alpha value is 0. The molecule has 0 saturated carbocycles. The number of hydrogen-bond acceptors (Lipinski definition) is 0. The van der Waals surface area contributed by atoms with E-state index in [4.69, 9.17) is 0 Å². The Morgan fingerprint density at radius 3 is 1.41 bits per heavy atom. The molecule has 0 aromatic heterocycles. The molecule has 0 bridgehead atoms. The molecule has 0 nitrogen and oxygen atoms in total. The van der Waals surface area contributed by atoms with Gasteiger partial charge in [-0.2, -0.15) is 0 Å². The molecule has 0 amide bonds. The summed E-state index contributed by atoms with van der Waals surface area (Å²) in [6.45, 7) is 6.99. The lowest BCUT2D eigenvalue weighted by Crippen LogP contribution is -1.91. The summed E-state index contributed by atoms with van der Waals surface area (Å²) >= 11 is 0. The minimum absolute atomic E-state index is 0.952. The molecule has 0 aliphatic heterocycles. The van der Waals surface area contributed by atoms with Gasteiger partial charge in [-0.3, -0.25) is 0 Å². The first-order chi connectivity index (χ1) is 8.31. The summed E-state index contributed by atoms with van der Waals surface area (Å²) in [4.78, 5) is 0. The van der Waals surface area contributed by atoms with E-state index >= 15 is 0 Å². The van der Waals surface area contributed by atoms with Crippen molar-refractivity contribution in [3.63, 3.8) is 0 Å². The SMILES string of the molecule is CCCCCCCCCCCCC[C@@H](C)CC. The first kappa shape index (κ1) is 17.0. The molecular formula is C17H36. The Morgan fingerprint density at radius 1 is 0.588 bits per heavy atom. The van der Waals surface area contributed by atoms with E-state index in [2.05, 4.69) is 20.8 Å². The van der Waals surface area contributed by atoms with Crippen molar-refractivity contribution >= 4 is 0 Å². The minimum Gasteiger partial charge on any atom is -0.0654 e. The van der Waals surface area contributed by atoms with Gasteiger partial charge >= 0.3 is 0 Å². The third-order valence-electron chi connectivity index (χ3n) is 4.00. The van der Waals surface area contributed by atoms with Gasteiger partial charge in [0.15, 0.2) is 0 Å². The second-order valence-electron chi connectivity index (χ2n) is 5.84. The number of hydrogen-bond donors (Lipinski definition) is 0. The second kappa shape index (κ2) is 14.1. The molecule has 1 atom stereocenters. The highest BCUT2D eigenvalue weighted by Crippen LogP contribution is 2.15. The van der Waals surface area contributed by atoms with Crippen LogP contribution >= 0.6 is 0 Å². The van der Waals surface area contributed by atoms with Crippen molar-refractivity contribution in [1.29, 1.82) is 0 Å². The summed E-state index contributed by atoms with van der Waals surface area (Å²) in [5.74, 6) is 0.952. The molecule has 0 heterocycles. The molecule has 104 valence electrons. The zero-order chi connectivity index (χ0) is 12.8. The van der Waals surface area contributed by atoms with Crippen molar-refractivity contribution in [3.05, 3.63) is 0 Å². The smallest absolute Gasteiger partial charge is 0.0445 e. The fourth-order valence-corrected chi connectivity index (χ4v) is 2.36. The quantitative estimate of drug-likeness (QED) is 0.313. The van der Waals surface area contributed by atoms with Crippen molar-refractivity contribution in [1.82, 2.24) is 0 Å². The van der Waals surface area contributed by atoms with E-state index in [0.29, 0.717) is 0 Å². The van der Waals surface area contributed by atoms with Crippen LogP contribution in [0.4, 0.5) is 0 Å². The van der Waals surface area contributed by atoms with Crippen LogP contribution < -0.4 is 0 Å². The Morgan fingerprint density at radius 2 is 1.00 bits per heavy atom. The summed E-state index contributed by atoms with van der Waals surface area (Å²) in [5, 5.41) is 0. The predicted molar refractivity (Wildman–Crippen MR) is 80.5 cm³/mol. The highest BCUT2D eigenvalue weighted by atomic mass is 14.0. The highest BCUT2D eigenvalue weighted by Gasteiger charge is 1.98. The second-order valence-corrected chi connectivity index (χ2v) is 5.84. The normalized spacial score (nSPS) is 12.9. The molecule has 0 aromatic rings. The molecule has 0 N–H and O–H groups in total. The topological polar surface area (TPSA) is 0 Å². The van der Waals surface area contributed by atoms with E-state index in [1.54, 1.807) is 0 Å². The molecule has 0 spiro atoms. The lowest BCUT2D eigenvalue weighted by atomic mass is 9.99. The molecule has 0 aliphatic rings. The van der Waals surface area contributed by atoms with E-state index < -0.39 is 0 Å². The van der Waals surface area contributed by atoms with Gasteiger partial charge < -0.3 is 0 Å². The van der Waals surface area contributed by atoms with Gasteiger partial charge in [-0.15, -0.1) is 0 Å². The van der Waals surface area contributed by atoms with Crippen molar-refractivity contribution < 1.29 is 0 Å². The monoisotopic (exact) mass is 240 g/mol. The van der Waals surface area contributed by atoms with E-state index in [0.717, 1.165) is 5.92 Å². The highest BCUT2D eigenvalue weighted by molar-refractivity contribution is 4.52. The van der Waals surface area contributed by atoms with Crippen LogP contribution in [-0.2, 0) is 0 Å². The lowest BCUT2D eigenvalue weighted by Gasteiger charge is -2.07. The minimum atomic E-state index is 0.952. The van der Waals surface area contributed by atoms with Crippen molar-refractivity contribution in [2.45, 2.75) is 104 Å². The summed E-state index contributed by atoms with van der Waals surface area (Å²) < 4.78 is 0. The largest absolute Gasteiger partial charge is 0.0654 e. The van der Waals surface area contributed by atoms with Gasteiger partial charge in [-0.1, -0.05) is 104 Å². The lowest BCUT2D eigenvalue weighted by molar-refractivity contribution is 0.469. The van der Waals surface area contributed by atoms with Crippen molar-refractivity contribution in [2.75, 3.05) is 0 Å². The van der Waals surface area contributed by atoms with Crippen molar-refractivity contribution in [3.8, 4) is 0 Å². The number of rotatable bonds is 13. The maximum atomic E-state index is 2.39. The van der Waals surface area contributed by atoms with Crippen LogP contribution in [0.25, 0.3) is 0 Å². The predicted octanol–water partition coefficient (Wildman–Crippen LogP) is 6.73. The van der Waals surface area contributed by atoms with Crippen LogP contribution in [0, 0.1) is 5.92 Å². The average molecular weight is 240 g/mol. The van der Waals surface area contributed by atoms with Gasteiger partial charge in [0, 0.05) is 0 Å². The molecular weight excluding hydrogens is 204 g/mol. The van der Waals surface area contributed by atoms with Gasteiger partial charge in [0.05, 0.1) is 0 Å². The molecule has 0 rings (SSSR count). The Balaban J connectivity index is 2.94. The van der Waals surface area contributed by atoms with E-state index in [1.807, 2.05) is 0 Å². The van der Waals surface area contributed by atoms with Crippen LogP contribution in [-0.4, -0.2) is 0 Å². The molecule has 0 unspecified atom stereocenters. The average Bonchev–Trinajstić information content (AvgIpc) is 2.35. The van der Waals surface area contributed by atoms with Crippen LogP contribution in [0.3, 0.4) is 0 Å². The molecule has 0 radical (unpaired) electrons. The van der Waals surface area contributed by atoms with E-state index in [9.17, 15) is 0 Å².